The van der Waals surface area contributed by atoms with Crippen LogP contribution in [0.1, 0.15) is 134 Å². The van der Waals surface area contributed by atoms with E-state index >= 15 is 9.59 Å². The number of hydrogen-bond acceptors (Lipinski definition) is 14. The van der Waals surface area contributed by atoms with Crippen LogP contribution in [0.5, 0.6) is 17.2 Å². The minimum atomic E-state index is -1.63. The summed E-state index contributed by atoms with van der Waals surface area (Å²) < 4.78 is 48.4. The monoisotopic (exact) mass is 1010 g/mol. The van der Waals surface area contributed by atoms with E-state index in [1.54, 1.807) is 13.0 Å². The number of nitrogens with zero attached hydrogens (tertiary/aromatic N) is 1. The quantitative estimate of drug-likeness (QED) is 0.119. The molecule has 14 nitrogen and oxygen atoms in total. The Morgan fingerprint density at radius 1 is 0.932 bits per heavy atom. The van der Waals surface area contributed by atoms with E-state index in [1.807, 2.05) is 52.0 Å². The van der Waals surface area contributed by atoms with E-state index in [9.17, 15) is 15.0 Å². The first-order valence-electron chi connectivity index (χ1n) is 26.9. The van der Waals surface area contributed by atoms with Gasteiger partial charge >= 0.3 is 5.97 Å². The molecule has 13 rings (SSSR count). The number of methoxy groups -OCH3 is 1. The first kappa shape index (κ1) is 49.8. The van der Waals surface area contributed by atoms with Gasteiger partial charge in [-0.15, -0.1) is 0 Å². The molecule has 7 fully saturated rings. The number of aliphatic hydroxyl groups is 2. The molecule has 3 N–H and O–H groups in total. The molecule has 4 bridgehead atoms. The molecule has 394 valence electrons. The lowest BCUT2D eigenvalue weighted by molar-refractivity contribution is -0.328. The lowest BCUT2D eigenvalue weighted by Gasteiger charge is -2.71. The zero-order chi connectivity index (χ0) is 52.4. The molecular weight excluding hydrogens is 941 g/mol. The van der Waals surface area contributed by atoms with Crippen LogP contribution in [0.3, 0.4) is 0 Å². The van der Waals surface area contributed by atoms with Crippen LogP contribution >= 0.6 is 0 Å². The number of nitrogens with one attached hydrogen (secondary N) is 1. The Morgan fingerprint density at radius 3 is 2.41 bits per heavy atom. The van der Waals surface area contributed by atoms with Gasteiger partial charge in [0.15, 0.2) is 28.6 Å². The van der Waals surface area contributed by atoms with E-state index in [4.69, 9.17) is 33.2 Å². The van der Waals surface area contributed by atoms with Gasteiger partial charge in [-0.25, -0.2) is 4.79 Å². The summed E-state index contributed by atoms with van der Waals surface area (Å²) in [6.45, 7) is 21.1. The van der Waals surface area contributed by atoms with Gasteiger partial charge in [-0.1, -0.05) is 53.6 Å². The van der Waals surface area contributed by atoms with E-state index < -0.39 is 82.0 Å². The van der Waals surface area contributed by atoms with Gasteiger partial charge in [0.1, 0.15) is 46.8 Å². The van der Waals surface area contributed by atoms with E-state index in [0.717, 1.165) is 28.8 Å². The summed E-state index contributed by atoms with van der Waals surface area (Å²) in [7, 11) is 1.34. The highest BCUT2D eigenvalue weighted by Crippen LogP contribution is 2.78. The SMILES string of the molecule is COC(=O)/C(C)=C\CC12OC(C)(C)C3CC(C1=O)C1C4=C(c5ccccc5C4=O)N4CCNC45c4c(O[C@H]6C[C@H]7COC(C)(C)O[C@@H]7[C@@H](O)[C@@H]6O)c6c(c(CC=C(C)C)c4OC32C15)OC(C)(CCC=C(C)C)C=C6. The van der Waals surface area contributed by atoms with E-state index in [-0.39, 0.29) is 29.8 Å². The van der Waals surface area contributed by atoms with Crippen molar-refractivity contribution < 1.29 is 57.8 Å². The van der Waals surface area contributed by atoms with Crippen LogP contribution in [0.4, 0.5) is 0 Å². The second kappa shape index (κ2) is 16.7. The summed E-state index contributed by atoms with van der Waals surface area (Å²) in [5.74, 6) is -2.83. The normalized spacial score (nSPS) is 37.8. The highest BCUT2D eigenvalue weighted by molar-refractivity contribution is 6.22. The van der Waals surface area contributed by atoms with Crippen molar-refractivity contribution in [1.82, 2.24) is 10.2 Å². The zero-order valence-electron chi connectivity index (χ0n) is 44.7. The molecule has 0 radical (unpaired) electrons. The third-order valence-electron chi connectivity index (χ3n) is 18.6. The van der Waals surface area contributed by atoms with Gasteiger partial charge in [0.05, 0.1) is 48.2 Å². The van der Waals surface area contributed by atoms with Gasteiger partial charge in [-0.2, -0.15) is 0 Å². The van der Waals surface area contributed by atoms with Crippen molar-refractivity contribution >= 4 is 29.3 Å². The number of hydrogen-bond donors (Lipinski definition) is 3. The van der Waals surface area contributed by atoms with E-state index in [0.29, 0.717) is 90.5 Å². The topological polar surface area (TPSA) is 172 Å². The predicted octanol–water partition coefficient (Wildman–Crippen LogP) is 8.07. The van der Waals surface area contributed by atoms with Crippen LogP contribution in [0.15, 0.2) is 70.9 Å². The van der Waals surface area contributed by atoms with Crippen LogP contribution in [-0.4, -0.2) is 112 Å². The van der Waals surface area contributed by atoms with Crippen molar-refractivity contribution in [2.24, 2.45) is 29.6 Å². The molecule has 5 aliphatic carbocycles. The van der Waals surface area contributed by atoms with Crippen molar-refractivity contribution in [3.63, 3.8) is 0 Å². The Labute approximate surface area is 434 Å². The summed E-state index contributed by atoms with van der Waals surface area (Å²) in [6.07, 6.45) is 8.63. The van der Waals surface area contributed by atoms with E-state index in [1.165, 1.54) is 12.7 Å². The Morgan fingerprint density at radius 2 is 1.68 bits per heavy atom. The molecule has 13 atom stereocenters. The Hall–Kier alpha value is -5.09. The summed E-state index contributed by atoms with van der Waals surface area (Å²) >= 11 is 0. The van der Waals surface area contributed by atoms with Gasteiger partial charge < -0.3 is 48.3 Å². The number of ketones is 2. The third kappa shape index (κ3) is 6.66. The van der Waals surface area contributed by atoms with Gasteiger partial charge in [-0.3, -0.25) is 14.9 Å². The van der Waals surface area contributed by atoms with Crippen LogP contribution in [0, 0.1) is 29.6 Å². The maximum Gasteiger partial charge on any atom is 0.333 e. The van der Waals surface area contributed by atoms with Gasteiger partial charge in [0, 0.05) is 71.0 Å². The maximum atomic E-state index is 16.3. The number of aliphatic hydroxyl groups excluding tert-OH is 2. The molecule has 14 heteroatoms. The summed E-state index contributed by atoms with van der Waals surface area (Å²) in [4.78, 5) is 47.2. The second-order valence-corrected chi connectivity index (χ2v) is 24.5. The van der Waals surface area contributed by atoms with Crippen molar-refractivity contribution in [3.8, 4) is 17.2 Å². The van der Waals surface area contributed by atoms with Gasteiger partial charge in [0.25, 0.3) is 0 Å². The Kier molecular flexibility index (Phi) is 11.2. The average molecular weight is 1010 g/mol. The van der Waals surface area contributed by atoms with Crippen molar-refractivity contribution in [3.05, 3.63) is 98.7 Å². The maximum absolute atomic E-state index is 16.3. The molecular formula is C60H72N2O12. The summed E-state index contributed by atoms with van der Waals surface area (Å²) in [5.41, 5.74) is 1.58. The molecule has 2 aromatic rings. The molecule has 6 aliphatic heterocycles. The minimum Gasteiger partial charge on any atom is -0.486 e. The van der Waals surface area contributed by atoms with Crippen LogP contribution in [-0.2, 0) is 40.6 Å². The number of esters is 1. The molecule has 11 aliphatic rings. The zero-order valence-corrected chi connectivity index (χ0v) is 44.7. The number of benzene rings is 2. The second-order valence-electron chi connectivity index (χ2n) is 24.5. The molecule has 3 saturated heterocycles. The summed E-state index contributed by atoms with van der Waals surface area (Å²) in [6, 6.07) is 7.76. The number of carbonyl (C=O) groups excluding carboxylic acids is 3. The van der Waals surface area contributed by atoms with Crippen molar-refractivity contribution in [1.29, 1.82) is 0 Å². The number of Topliss-reactive ketones (excluding diaryl/α,β-unsaturated/α-hetero) is 2. The predicted molar refractivity (Wildman–Crippen MR) is 275 cm³/mol. The van der Waals surface area contributed by atoms with Crippen molar-refractivity contribution in [2.45, 2.75) is 166 Å². The van der Waals surface area contributed by atoms with E-state index in [2.05, 4.69) is 69.1 Å². The average Bonchev–Trinajstić information content (AvgIpc) is 4.13. The lowest BCUT2D eigenvalue weighted by Crippen LogP contribution is -2.84. The first-order chi connectivity index (χ1) is 35.0. The fraction of sp³-hybridized carbons (Fsp3) is 0.583. The number of ether oxygens (including phenoxy) is 7. The molecule has 74 heavy (non-hydrogen) atoms. The molecule has 6 heterocycles. The lowest BCUT2D eigenvalue weighted by atomic mass is 9.39. The fourth-order valence-corrected chi connectivity index (χ4v) is 15.6. The molecule has 2 spiro atoms. The highest BCUT2D eigenvalue weighted by Gasteiger charge is 2.89. The fourth-order valence-electron chi connectivity index (χ4n) is 15.6. The summed E-state index contributed by atoms with van der Waals surface area (Å²) in [5, 5.41) is 28.5. The highest BCUT2D eigenvalue weighted by atomic mass is 16.7. The standard InChI is InChI=1S/C60H72N2O12/c1-30(2)15-14-22-57(10)23-21-37-49(72-57)36(19-18-31(3)4)51-43(50(37)70-39-27-33-29-69-56(8,9)71-48(33)47(65)46(39)64)60-52-41(42-44(62(60)26-25-61-60)34-16-12-13-17-35(34)45(42)63)38-28-40-55(6,7)74-58(53(38)66,59(40,52)73-51)24-20-32(5)54(67)68-11/h12-13,15-18,20-21,23,33,38-41,46-48,52,61,64-65H,14,19,22,24-29H2,1-11H3/b32-20-/t33-,38?,39-,40?,41?,46+,47-,48-,52?,57?,58?,59?,60?/m0/s1. The first-order valence-corrected chi connectivity index (χ1v) is 26.9. The molecule has 4 saturated carbocycles. The molecule has 2 aromatic carbocycles. The molecule has 8 unspecified atom stereocenters. The number of fused-ring (bicyclic) bond motifs is 6. The number of carbonyl (C=O) groups is 3. The number of rotatable bonds is 10. The minimum absolute atomic E-state index is 0.0207. The molecule has 0 aromatic heterocycles. The van der Waals surface area contributed by atoms with Crippen LogP contribution < -0.4 is 19.5 Å². The third-order valence-corrected chi connectivity index (χ3v) is 18.6. The van der Waals surface area contributed by atoms with Crippen LogP contribution in [0.25, 0.3) is 11.8 Å². The molecule has 0 amide bonds. The van der Waals surface area contributed by atoms with Crippen LogP contribution in [0.2, 0.25) is 0 Å². The Bertz CT molecular complexity index is 2950. The number of allylic oxidation sites excluding steroid dienone is 5. The van der Waals surface area contributed by atoms with Crippen molar-refractivity contribution in [2.75, 3.05) is 26.8 Å². The smallest absolute Gasteiger partial charge is 0.333 e. The van der Waals surface area contributed by atoms with Gasteiger partial charge in [-0.05, 0) is 113 Å². The van der Waals surface area contributed by atoms with Gasteiger partial charge in [0.2, 0.25) is 0 Å². The Balaban J connectivity index is 1.18. The largest absolute Gasteiger partial charge is 0.486 e.